The summed E-state index contributed by atoms with van der Waals surface area (Å²) in [6, 6.07) is 3.70. The predicted octanol–water partition coefficient (Wildman–Crippen LogP) is 2.18. The van der Waals surface area contributed by atoms with Gasteiger partial charge in [0.05, 0.1) is 4.90 Å². The summed E-state index contributed by atoms with van der Waals surface area (Å²) >= 11 is 0. The minimum atomic E-state index is -3.45. The first kappa shape index (κ1) is 15.5. The Morgan fingerprint density at radius 2 is 1.90 bits per heavy atom. The summed E-state index contributed by atoms with van der Waals surface area (Å²) in [6.07, 6.45) is 2.25. The predicted molar refractivity (Wildman–Crippen MR) is 80.9 cm³/mol. The van der Waals surface area contributed by atoms with Crippen molar-refractivity contribution in [3.63, 3.8) is 0 Å². The Labute approximate surface area is 122 Å². The maximum Gasteiger partial charge on any atom is 0.243 e. The number of nitrogens with two attached hydrogens (primary N) is 1. The van der Waals surface area contributed by atoms with Crippen molar-refractivity contribution in [3.05, 3.63) is 28.8 Å². The Kier molecular flexibility index (Phi) is 4.23. The summed E-state index contributed by atoms with van der Waals surface area (Å²) in [5.41, 5.74) is 8.42. The molecule has 1 unspecified atom stereocenters. The fraction of sp³-hybridized carbons (Fsp3) is 0.600. The summed E-state index contributed by atoms with van der Waals surface area (Å²) < 4.78 is 27.1. The van der Waals surface area contributed by atoms with Gasteiger partial charge in [-0.3, -0.25) is 0 Å². The number of rotatable bonds is 5. The first-order valence-corrected chi connectivity index (χ1v) is 8.51. The number of hydrogen-bond acceptors (Lipinski definition) is 3. The molecule has 1 saturated carbocycles. The van der Waals surface area contributed by atoms with Gasteiger partial charge in [-0.1, -0.05) is 6.07 Å². The monoisotopic (exact) mass is 296 g/mol. The molecule has 2 rings (SSSR count). The molecule has 1 aromatic rings. The fourth-order valence-corrected chi connectivity index (χ4v) is 4.30. The van der Waals surface area contributed by atoms with Gasteiger partial charge in [0.2, 0.25) is 10.0 Å². The van der Waals surface area contributed by atoms with Gasteiger partial charge in [-0.25, -0.2) is 8.42 Å². The Morgan fingerprint density at radius 3 is 2.40 bits per heavy atom. The van der Waals surface area contributed by atoms with Gasteiger partial charge in [0.1, 0.15) is 0 Å². The SMILES string of the molecule is Cc1cc(C)c(S(=O)(=O)N(C)C(C)C2CC2)cc1CN. The Morgan fingerprint density at radius 1 is 1.30 bits per heavy atom. The Bertz CT molecular complexity index is 607. The molecular weight excluding hydrogens is 272 g/mol. The van der Waals surface area contributed by atoms with Gasteiger partial charge >= 0.3 is 0 Å². The lowest BCUT2D eigenvalue weighted by Gasteiger charge is -2.25. The summed E-state index contributed by atoms with van der Waals surface area (Å²) in [5.74, 6) is 0.509. The van der Waals surface area contributed by atoms with E-state index in [2.05, 4.69) is 0 Å². The van der Waals surface area contributed by atoms with Crippen molar-refractivity contribution >= 4 is 10.0 Å². The summed E-state index contributed by atoms with van der Waals surface area (Å²) in [7, 11) is -1.77. The van der Waals surface area contributed by atoms with Gasteiger partial charge < -0.3 is 5.73 Å². The minimum absolute atomic E-state index is 0.0574. The molecule has 0 bridgehead atoms. The van der Waals surface area contributed by atoms with E-state index in [1.165, 1.54) is 4.31 Å². The lowest BCUT2D eigenvalue weighted by Crippen LogP contribution is -2.36. The van der Waals surface area contributed by atoms with E-state index in [4.69, 9.17) is 5.73 Å². The van der Waals surface area contributed by atoms with Gasteiger partial charge in [-0.2, -0.15) is 4.31 Å². The molecule has 112 valence electrons. The quantitative estimate of drug-likeness (QED) is 0.906. The summed E-state index contributed by atoms with van der Waals surface area (Å²) in [5, 5.41) is 0. The highest BCUT2D eigenvalue weighted by Gasteiger charge is 2.36. The van der Waals surface area contributed by atoms with Crippen molar-refractivity contribution in [1.29, 1.82) is 0 Å². The third-order valence-electron chi connectivity index (χ3n) is 4.39. The number of aryl methyl sites for hydroxylation is 2. The van der Waals surface area contributed by atoms with Crippen LogP contribution in [-0.2, 0) is 16.6 Å². The van der Waals surface area contributed by atoms with Crippen LogP contribution in [0.1, 0.15) is 36.5 Å². The van der Waals surface area contributed by atoms with Crippen LogP contribution in [-0.4, -0.2) is 25.8 Å². The molecule has 2 N–H and O–H groups in total. The molecule has 0 aliphatic heterocycles. The van der Waals surface area contributed by atoms with Gasteiger partial charge in [-0.15, -0.1) is 0 Å². The summed E-state index contributed by atoms with van der Waals surface area (Å²) in [4.78, 5) is 0.388. The van der Waals surface area contributed by atoms with E-state index >= 15 is 0 Å². The van der Waals surface area contributed by atoms with Crippen molar-refractivity contribution < 1.29 is 8.42 Å². The van der Waals surface area contributed by atoms with Crippen LogP contribution in [0.15, 0.2) is 17.0 Å². The molecule has 0 saturated heterocycles. The van der Waals surface area contributed by atoms with Crippen LogP contribution < -0.4 is 5.73 Å². The van der Waals surface area contributed by atoms with E-state index in [1.54, 1.807) is 13.1 Å². The van der Waals surface area contributed by atoms with Crippen LogP contribution >= 0.6 is 0 Å². The van der Waals surface area contributed by atoms with Crippen molar-refractivity contribution in [2.75, 3.05) is 7.05 Å². The molecule has 1 fully saturated rings. The maximum atomic E-state index is 12.8. The molecule has 0 amide bonds. The highest BCUT2D eigenvalue weighted by atomic mass is 32.2. The second-order valence-corrected chi connectivity index (χ2v) is 7.81. The zero-order chi connectivity index (χ0) is 15.1. The van der Waals surface area contributed by atoms with E-state index in [1.807, 2.05) is 26.8 Å². The molecule has 0 heterocycles. The lowest BCUT2D eigenvalue weighted by molar-refractivity contribution is 0.357. The first-order valence-electron chi connectivity index (χ1n) is 7.07. The van der Waals surface area contributed by atoms with E-state index in [-0.39, 0.29) is 6.04 Å². The molecule has 0 aromatic heterocycles. The number of hydrogen-bond donors (Lipinski definition) is 1. The smallest absolute Gasteiger partial charge is 0.243 e. The second-order valence-electron chi connectivity index (χ2n) is 5.85. The van der Waals surface area contributed by atoms with Crippen LogP contribution in [0, 0.1) is 19.8 Å². The van der Waals surface area contributed by atoms with E-state index < -0.39 is 10.0 Å². The van der Waals surface area contributed by atoms with E-state index in [0.717, 1.165) is 29.5 Å². The number of nitrogens with zero attached hydrogens (tertiary/aromatic N) is 1. The van der Waals surface area contributed by atoms with Crippen LogP contribution in [0.3, 0.4) is 0 Å². The molecule has 20 heavy (non-hydrogen) atoms. The molecule has 4 nitrogen and oxygen atoms in total. The maximum absolute atomic E-state index is 12.8. The van der Waals surface area contributed by atoms with E-state index in [0.29, 0.717) is 17.4 Å². The van der Waals surface area contributed by atoms with Crippen LogP contribution in [0.4, 0.5) is 0 Å². The van der Waals surface area contributed by atoms with Crippen molar-refractivity contribution in [2.45, 2.75) is 51.1 Å². The highest BCUT2D eigenvalue weighted by molar-refractivity contribution is 7.89. The average molecular weight is 296 g/mol. The third-order valence-corrected chi connectivity index (χ3v) is 6.47. The second kappa shape index (κ2) is 5.47. The van der Waals surface area contributed by atoms with Crippen LogP contribution in [0.5, 0.6) is 0 Å². The normalized spacial score (nSPS) is 17.5. The van der Waals surface area contributed by atoms with Crippen molar-refractivity contribution in [2.24, 2.45) is 11.7 Å². The molecule has 0 spiro atoms. The molecular formula is C15H24N2O2S. The molecule has 1 atom stereocenters. The molecule has 5 heteroatoms. The van der Waals surface area contributed by atoms with Gasteiger partial charge in [-0.05, 0) is 62.3 Å². The van der Waals surface area contributed by atoms with Gasteiger partial charge in [0.25, 0.3) is 0 Å². The zero-order valence-corrected chi connectivity index (χ0v) is 13.5. The lowest BCUT2D eigenvalue weighted by atomic mass is 10.1. The highest BCUT2D eigenvalue weighted by Crippen LogP contribution is 2.36. The first-order chi connectivity index (χ1) is 9.28. The minimum Gasteiger partial charge on any atom is -0.326 e. The number of benzene rings is 1. The third kappa shape index (κ3) is 2.75. The van der Waals surface area contributed by atoms with Crippen LogP contribution in [0.2, 0.25) is 0 Å². The molecule has 1 aliphatic rings. The largest absolute Gasteiger partial charge is 0.326 e. The Hall–Kier alpha value is -0.910. The van der Waals surface area contributed by atoms with Crippen molar-refractivity contribution in [3.8, 4) is 0 Å². The van der Waals surface area contributed by atoms with Crippen LogP contribution in [0.25, 0.3) is 0 Å². The van der Waals surface area contributed by atoms with Crippen molar-refractivity contribution in [1.82, 2.24) is 4.31 Å². The molecule has 1 aliphatic carbocycles. The average Bonchev–Trinajstić information content (AvgIpc) is 3.21. The molecule has 0 radical (unpaired) electrons. The van der Waals surface area contributed by atoms with Gasteiger partial charge in [0, 0.05) is 19.6 Å². The van der Waals surface area contributed by atoms with Gasteiger partial charge in [0.15, 0.2) is 0 Å². The standard InChI is InChI=1S/C15H24N2O2S/c1-10-7-11(2)15(8-14(10)9-16)20(18,19)17(4)12(3)13-5-6-13/h7-8,12-13H,5-6,9,16H2,1-4H3. The summed E-state index contributed by atoms with van der Waals surface area (Å²) in [6.45, 7) is 6.15. The molecule has 1 aromatic carbocycles. The topological polar surface area (TPSA) is 63.4 Å². The van der Waals surface area contributed by atoms with E-state index in [9.17, 15) is 8.42 Å². The number of sulfonamides is 1. The Balaban J connectivity index is 2.42. The fourth-order valence-electron chi connectivity index (χ4n) is 2.62. The zero-order valence-electron chi connectivity index (χ0n) is 12.7.